The maximum Gasteiger partial charge on any atom is 0.356 e. The maximum atomic E-state index is 13.7. The second kappa shape index (κ2) is 6.92. The van der Waals surface area contributed by atoms with Crippen molar-refractivity contribution < 1.29 is 27.9 Å². The molecule has 0 aromatic carbocycles. The first kappa shape index (κ1) is 17.5. The minimum atomic E-state index is -2.64. The van der Waals surface area contributed by atoms with E-state index in [2.05, 4.69) is 10.1 Å². The van der Waals surface area contributed by atoms with Crippen LogP contribution in [0, 0.1) is 5.41 Å². The first-order valence-electron chi connectivity index (χ1n) is 8.55. The van der Waals surface area contributed by atoms with Crippen LogP contribution in [0.2, 0.25) is 0 Å². The van der Waals surface area contributed by atoms with Crippen LogP contribution < -0.4 is 0 Å². The molecule has 0 N–H and O–H groups in total. The molecule has 3 rings (SSSR count). The van der Waals surface area contributed by atoms with E-state index < -0.39 is 23.5 Å². The van der Waals surface area contributed by atoms with E-state index in [9.17, 15) is 13.6 Å². The SMILES string of the molecule is CCOC(=O)C1=NOC(N2CCOCC2)C2(CCC(F)(F)CC2)C1. The molecule has 1 unspecified atom stereocenters. The van der Waals surface area contributed by atoms with Crippen molar-refractivity contribution in [2.45, 2.75) is 51.2 Å². The van der Waals surface area contributed by atoms with Crippen molar-refractivity contribution in [1.82, 2.24) is 4.90 Å². The normalized spacial score (nSPS) is 29.6. The zero-order valence-corrected chi connectivity index (χ0v) is 13.9. The lowest BCUT2D eigenvalue weighted by molar-refractivity contribution is -0.193. The van der Waals surface area contributed by atoms with Crippen molar-refractivity contribution in [3.63, 3.8) is 0 Å². The highest BCUT2D eigenvalue weighted by Gasteiger charge is 2.53. The summed E-state index contributed by atoms with van der Waals surface area (Å²) < 4.78 is 37.8. The van der Waals surface area contributed by atoms with Gasteiger partial charge in [0.2, 0.25) is 5.92 Å². The minimum Gasteiger partial charge on any atom is -0.461 e. The van der Waals surface area contributed by atoms with E-state index in [4.69, 9.17) is 14.3 Å². The summed E-state index contributed by atoms with van der Waals surface area (Å²) in [6.45, 7) is 4.48. The largest absolute Gasteiger partial charge is 0.461 e. The highest BCUT2D eigenvalue weighted by Crippen LogP contribution is 2.51. The Balaban J connectivity index is 1.82. The lowest BCUT2D eigenvalue weighted by Gasteiger charge is -2.49. The minimum absolute atomic E-state index is 0.187. The summed E-state index contributed by atoms with van der Waals surface area (Å²) in [7, 11) is 0. The smallest absolute Gasteiger partial charge is 0.356 e. The Morgan fingerprint density at radius 3 is 2.58 bits per heavy atom. The number of nitrogens with zero attached hydrogens (tertiary/aromatic N) is 2. The molecule has 0 aromatic rings. The highest BCUT2D eigenvalue weighted by molar-refractivity contribution is 6.36. The van der Waals surface area contributed by atoms with Crippen molar-refractivity contribution in [2.75, 3.05) is 32.9 Å². The number of alkyl halides is 2. The van der Waals surface area contributed by atoms with Gasteiger partial charge < -0.3 is 14.3 Å². The van der Waals surface area contributed by atoms with E-state index in [1.54, 1.807) is 6.92 Å². The first-order valence-corrected chi connectivity index (χ1v) is 8.55. The molecule has 3 aliphatic rings. The topological polar surface area (TPSA) is 60.4 Å². The monoisotopic (exact) mass is 346 g/mol. The van der Waals surface area contributed by atoms with Gasteiger partial charge in [-0.3, -0.25) is 4.90 Å². The Morgan fingerprint density at radius 2 is 1.96 bits per heavy atom. The molecule has 8 heteroatoms. The van der Waals surface area contributed by atoms with Gasteiger partial charge in [0, 0.05) is 37.8 Å². The van der Waals surface area contributed by atoms with Gasteiger partial charge in [-0.15, -0.1) is 0 Å². The van der Waals surface area contributed by atoms with Gasteiger partial charge >= 0.3 is 5.97 Å². The van der Waals surface area contributed by atoms with Crippen LogP contribution in [-0.2, 0) is 19.1 Å². The number of halogens is 2. The van der Waals surface area contributed by atoms with Crippen LogP contribution in [-0.4, -0.2) is 61.6 Å². The molecule has 1 aliphatic carbocycles. The zero-order valence-electron chi connectivity index (χ0n) is 13.9. The quantitative estimate of drug-likeness (QED) is 0.733. The Kier molecular flexibility index (Phi) is 5.05. The van der Waals surface area contributed by atoms with Crippen LogP contribution in [0.5, 0.6) is 0 Å². The summed E-state index contributed by atoms with van der Waals surface area (Å²) in [4.78, 5) is 19.8. The molecular formula is C16H24F2N2O4. The van der Waals surface area contributed by atoms with Crippen molar-refractivity contribution in [2.24, 2.45) is 10.6 Å². The van der Waals surface area contributed by atoms with Crippen molar-refractivity contribution >= 4 is 11.7 Å². The Hall–Kier alpha value is -1.28. The molecule has 1 spiro atoms. The maximum absolute atomic E-state index is 13.7. The summed E-state index contributed by atoms with van der Waals surface area (Å²) in [6, 6.07) is 0. The van der Waals surface area contributed by atoms with Crippen molar-refractivity contribution in [3.8, 4) is 0 Å². The highest BCUT2D eigenvalue weighted by atomic mass is 19.3. The Bertz CT molecular complexity index is 496. The molecule has 0 bridgehead atoms. The number of esters is 1. The molecule has 1 atom stereocenters. The van der Waals surface area contributed by atoms with Crippen LogP contribution in [0.4, 0.5) is 8.78 Å². The summed E-state index contributed by atoms with van der Waals surface area (Å²) in [5.41, 5.74) is -0.324. The lowest BCUT2D eigenvalue weighted by atomic mass is 9.67. The van der Waals surface area contributed by atoms with Gasteiger partial charge in [-0.05, 0) is 19.8 Å². The second-order valence-corrected chi connectivity index (χ2v) is 6.76. The van der Waals surface area contributed by atoms with E-state index in [1.807, 2.05) is 0 Å². The van der Waals surface area contributed by atoms with E-state index in [1.165, 1.54) is 0 Å². The fraction of sp³-hybridized carbons (Fsp3) is 0.875. The van der Waals surface area contributed by atoms with Crippen LogP contribution in [0.3, 0.4) is 0 Å². The van der Waals surface area contributed by atoms with Gasteiger partial charge in [-0.1, -0.05) is 5.16 Å². The molecule has 1 saturated heterocycles. The first-order chi connectivity index (χ1) is 11.5. The molecule has 2 fully saturated rings. The standard InChI is InChI=1S/C16H24F2N2O4/c1-2-23-13(21)12-11-15(3-5-16(17,18)6-4-15)14(24-19-12)20-7-9-22-10-8-20/h14H,2-11H2,1H3. The zero-order chi connectivity index (χ0) is 17.2. The third kappa shape index (κ3) is 3.54. The average molecular weight is 346 g/mol. The third-order valence-electron chi connectivity index (χ3n) is 5.17. The molecule has 1 saturated carbocycles. The Labute approximate surface area is 140 Å². The van der Waals surface area contributed by atoms with E-state index in [0.717, 1.165) is 0 Å². The van der Waals surface area contributed by atoms with Crippen molar-refractivity contribution in [1.29, 1.82) is 0 Å². The summed E-state index contributed by atoms with van der Waals surface area (Å²) in [5.74, 6) is -3.16. The van der Waals surface area contributed by atoms with Crippen LogP contribution >= 0.6 is 0 Å². The number of ether oxygens (including phenoxy) is 2. The molecule has 0 amide bonds. The number of morpholine rings is 1. The summed E-state index contributed by atoms with van der Waals surface area (Å²) in [5, 5.41) is 3.96. The van der Waals surface area contributed by atoms with Gasteiger partial charge in [0.25, 0.3) is 0 Å². The molecule has 0 radical (unpaired) electrons. The number of hydrogen-bond acceptors (Lipinski definition) is 6. The third-order valence-corrected chi connectivity index (χ3v) is 5.17. The van der Waals surface area contributed by atoms with Crippen LogP contribution in [0.1, 0.15) is 39.0 Å². The van der Waals surface area contributed by atoms with Crippen molar-refractivity contribution in [3.05, 3.63) is 0 Å². The summed E-state index contributed by atoms with van der Waals surface area (Å²) in [6.07, 6.45) is 0.168. The lowest BCUT2D eigenvalue weighted by Crippen LogP contribution is -2.57. The fourth-order valence-corrected chi connectivity index (χ4v) is 3.81. The fourth-order valence-electron chi connectivity index (χ4n) is 3.81. The van der Waals surface area contributed by atoms with Gasteiger partial charge in [-0.2, -0.15) is 0 Å². The molecule has 136 valence electrons. The molecule has 2 aliphatic heterocycles. The number of hydrogen-bond donors (Lipinski definition) is 0. The van der Waals surface area contributed by atoms with Crippen LogP contribution in [0.15, 0.2) is 5.16 Å². The number of carbonyl (C=O) groups is 1. The number of oxime groups is 1. The second-order valence-electron chi connectivity index (χ2n) is 6.76. The predicted octanol–water partition coefficient (Wildman–Crippen LogP) is 2.18. The number of rotatable bonds is 3. The van der Waals surface area contributed by atoms with E-state index >= 15 is 0 Å². The molecule has 2 heterocycles. The molecule has 0 aromatic heterocycles. The Morgan fingerprint density at radius 1 is 1.29 bits per heavy atom. The van der Waals surface area contributed by atoms with E-state index in [-0.39, 0.29) is 25.2 Å². The van der Waals surface area contributed by atoms with Gasteiger partial charge in [0.15, 0.2) is 11.9 Å². The van der Waals surface area contributed by atoms with Gasteiger partial charge in [0.05, 0.1) is 19.8 Å². The van der Waals surface area contributed by atoms with Gasteiger partial charge in [-0.25, -0.2) is 13.6 Å². The molecular weight excluding hydrogens is 322 g/mol. The van der Waals surface area contributed by atoms with Gasteiger partial charge in [0.1, 0.15) is 0 Å². The average Bonchev–Trinajstić information content (AvgIpc) is 2.59. The molecule has 6 nitrogen and oxygen atoms in total. The molecule has 24 heavy (non-hydrogen) atoms. The summed E-state index contributed by atoms with van der Waals surface area (Å²) >= 11 is 0. The number of carbonyl (C=O) groups excluding carboxylic acids is 1. The predicted molar refractivity (Wildman–Crippen MR) is 81.8 cm³/mol. The van der Waals surface area contributed by atoms with Crippen LogP contribution in [0.25, 0.3) is 0 Å². The van der Waals surface area contributed by atoms with E-state index in [0.29, 0.717) is 45.6 Å².